The van der Waals surface area contributed by atoms with Gasteiger partial charge in [-0.1, -0.05) is 5.92 Å². The molecule has 5 nitrogen and oxygen atoms in total. The molecule has 0 aliphatic carbocycles. The molecule has 0 spiro atoms. The molecule has 0 atom stereocenters. The lowest BCUT2D eigenvalue weighted by Gasteiger charge is -2.22. The first kappa shape index (κ1) is 17.4. The van der Waals surface area contributed by atoms with Crippen LogP contribution in [0.2, 0.25) is 0 Å². The van der Waals surface area contributed by atoms with E-state index in [0.29, 0.717) is 0 Å². The van der Waals surface area contributed by atoms with E-state index in [0.717, 1.165) is 5.96 Å². The predicted octanol–water partition coefficient (Wildman–Crippen LogP) is -0.167. The largest absolute Gasteiger partial charge is 0.349 e. The Labute approximate surface area is 114 Å². The minimum absolute atomic E-state index is 0. The number of nitrogens with zero attached hydrogens (tertiary/aromatic N) is 3. The summed E-state index contributed by atoms with van der Waals surface area (Å²) in [5, 5.41) is 2.55. The Morgan fingerprint density at radius 3 is 2.19 bits per heavy atom. The second kappa shape index (κ2) is 9.27. The number of carbonyl (C=O) groups excluding carboxylic acids is 1. The molecule has 0 heterocycles. The van der Waals surface area contributed by atoms with Crippen molar-refractivity contribution in [2.45, 2.75) is 0 Å². The van der Waals surface area contributed by atoms with Crippen molar-refractivity contribution in [2.75, 3.05) is 41.3 Å². The highest BCUT2D eigenvalue weighted by Gasteiger charge is 2.05. The third kappa shape index (κ3) is 7.34. The summed E-state index contributed by atoms with van der Waals surface area (Å²) in [7, 11) is 7.49. The smallest absolute Gasteiger partial charge is 0.242 e. The number of aliphatic imine (C=N–C) groups is 1. The van der Waals surface area contributed by atoms with Gasteiger partial charge >= 0.3 is 0 Å². The molecule has 0 saturated heterocycles. The number of halogens is 1. The predicted molar refractivity (Wildman–Crippen MR) is 76.9 cm³/mol. The van der Waals surface area contributed by atoms with Crippen LogP contribution in [-0.2, 0) is 4.79 Å². The summed E-state index contributed by atoms with van der Waals surface area (Å²) < 4.78 is 0. The number of terminal acetylenes is 1. The van der Waals surface area contributed by atoms with Crippen LogP contribution < -0.4 is 5.32 Å². The molecule has 0 bridgehead atoms. The van der Waals surface area contributed by atoms with Crippen molar-refractivity contribution in [1.82, 2.24) is 15.1 Å². The molecule has 0 aromatic carbocycles. The zero-order valence-electron chi connectivity index (χ0n) is 10.1. The number of amides is 1. The Bertz CT molecular complexity index is 271. The Kier molecular flexibility index (Phi) is 10.1. The number of hydrogen-bond acceptors (Lipinski definition) is 2. The van der Waals surface area contributed by atoms with E-state index in [4.69, 9.17) is 6.42 Å². The summed E-state index contributed by atoms with van der Waals surface area (Å²) in [6, 6.07) is 0. The molecular formula is C10H19IN4O. The molecule has 0 rings (SSSR count). The SMILES string of the molecule is C#CCNC(=O)CN=C(N(C)C)N(C)C.I. The molecule has 1 amide bonds. The topological polar surface area (TPSA) is 47.9 Å². The molecule has 0 aromatic heterocycles. The van der Waals surface area contributed by atoms with Gasteiger partial charge in [-0.15, -0.1) is 30.4 Å². The van der Waals surface area contributed by atoms with E-state index in [9.17, 15) is 4.79 Å². The van der Waals surface area contributed by atoms with Gasteiger partial charge in [0.2, 0.25) is 5.91 Å². The minimum Gasteiger partial charge on any atom is -0.349 e. The van der Waals surface area contributed by atoms with Crippen molar-refractivity contribution < 1.29 is 4.79 Å². The number of hydrogen-bond donors (Lipinski definition) is 1. The quantitative estimate of drug-likeness (QED) is 0.337. The first-order valence-corrected chi connectivity index (χ1v) is 4.58. The fourth-order valence-corrected chi connectivity index (χ4v) is 1.03. The van der Waals surface area contributed by atoms with Crippen molar-refractivity contribution in [3.8, 4) is 12.3 Å². The maximum Gasteiger partial charge on any atom is 0.242 e. The third-order valence-corrected chi connectivity index (χ3v) is 1.55. The summed E-state index contributed by atoms with van der Waals surface area (Å²) >= 11 is 0. The van der Waals surface area contributed by atoms with E-state index in [-0.39, 0.29) is 43.0 Å². The molecule has 0 radical (unpaired) electrons. The lowest BCUT2D eigenvalue weighted by atomic mass is 10.5. The van der Waals surface area contributed by atoms with Gasteiger partial charge in [0.1, 0.15) is 6.54 Å². The van der Waals surface area contributed by atoms with Crippen LogP contribution in [0.15, 0.2) is 4.99 Å². The van der Waals surface area contributed by atoms with Crippen molar-refractivity contribution in [2.24, 2.45) is 4.99 Å². The zero-order valence-corrected chi connectivity index (χ0v) is 12.5. The average molecular weight is 338 g/mol. The molecule has 16 heavy (non-hydrogen) atoms. The van der Waals surface area contributed by atoms with Gasteiger partial charge < -0.3 is 15.1 Å². The van der Waals surface area contributed by atoms with Crippen molar-refractivity contribution >= 4 is 35.8 Å². The van der Waals surface area contributed by atoms with E-state index in [2.05, 4.69) is 16.2 Å². The zero-order chi connectivity index (χ0) is 11.8. The fraction of sp³-hybridized carbons (Fsp3) is 0.600. The molecule has 0 aliphatic rings. The third-order valence-electron chi connectivity index (χ3n) is 1.55. The van der Waals surface area contributed by atoms with Crippen molar-refractivity contribution in [3.05, 3.63) is 0 Å². The van der Waals surface area contributed by atoms with Gasteiger partial charge in [-0.2, -0.15) is 0 Å². The lowest BCUT2D eigenvalue weighted by Crippen LogP contribution is -2.36. The Morgan fingerprint density at radius 2 is 1.81 bits per heavy atom. The first-order valence-electron chi connectivity index (χ1n) is 4.58. The van der Waals surface area contributed by atoms with Gasteiger partial charge in [-0.3, -0.25) is 4.79 Å². The highest BCUT2D eigenvalue weighted by Crippen LogP contribution is 1.88. The molecule has 0 aromatic rings. The van der Waals surface area contributed by atoms with Gasteiger partial charge in [0.25, 0.3) is 0 Å². The van der Waals surface area contributed by atoms with E-state index >= 15 is 0 Å². The Morgan fingerprint density at radius 1 is 1.31 bits per heavy atom. The van der Waals surface area contributed by atoms with Gasteiger partial charge in [0.15, 0.2) is 5.96 Å². The highest BCUT2D eigenvalue weighted by molar-refractivity contribution is 14.0. The Balaban J connectivity index is 0. The highest BCUT2D eigenvalue weighted by atomic mass is 127. The summed E-state index contributed by atoms with van der Waals surface area (Å²) in [6.07, 6.45) is 5.01. The van der Waals surface area contributed by atoms with Crippen molar-refractivity contribution in [3.63, 3.8) is 0 Å². The number of guanidine groups is 1. The van der Waals surface area contributed by atoms with Crippen LogP contribution in [0.1, 0.15) is 0 Å². The first-order chi connectivity index (χ1) is 6.99. The van der Waals surface area contributed by atoms with Gasteiger partial charge in [0, 0.05) is 28.2 Å². The second-order valence-corrected chi connectivity index (χ2v) is 3.39. The lowest BCUT2D eigenvalue weighted by molar-refractivity contribution is -0.119. The normalized spacial score (nSPS) is 8.19. The van der Waals surface area contributed by atoms with Gasteiger partial charge in [-0.05, 0) is 0 Å². The summed E-state index contributed by atoms with van der Waals surface area (Å²) in [5.41, 5.74) is 0. The second-order valence-electron chi connectivity index (χ2n) is 3.39. The minimum atomic E-state index is -0.172. The summed E-state index contributed by atoms with van der Waals surface area (Å²) in [4.78, 5) is 19.0. The average Bonchev–Trinajstić information content (AvgIpc) is 2.13. The molecule has 92 valence electrons. The van der Waals surface area contributed by atoms with Crippen LogP contribution in [0.25, 0.3) is 0 Å². The molecule has 0 saturated carbocycles. The number of carbonyl (C=O) groups is 1. The van der Waals surface area contributed by atoms with E-state index in [1.54, 1.807) is 0 Å². The van der Waals surface area contributed by atoms with E-state index in [1.807, 2.05) is 38.0 Å². The number of rotatable bonds is 3. The molecule has 0 fully saturated rings. The van der Waals surface area contributed by atoms with Crippen LogP contribution in [0, 0.1) is 12.3 Å². The van der Waals surface area contributed by atoms with Crippen LogP contribution in [-0.4, -0.2) is 62.9 Å². The molecule has 0 aliphatic heterocycles. The van der Waals surface area contributed by atoms with Crippen molar-refractivity contribution in [1.29, 1.82) is 0 Å². The fourth-order valence-electron chi connectivity index (χ4n) is 1.03. The Hall–Kier alpha value is -0.970. The van der Waals surface area contributed by atoms with Gasteiger partial charge in [0.05, 0.1) is 6.54 Å². The summed E-state index contributed by atoms with van der Waals surface area (Å²) in [6.45, 7) is 0.334. The maximum atomic E-state index is 11.2. The molecule has 0 unspecified atom stereocenters. The van der Waals surface area contributed by atoms with Crippen LogP contribution in [0.4, 0.5) is 0 Å². The number of nitrogens with one attached hydrogen (secondary N) is 1. The van der Waals surface area contributed by atoms with Crippen LogP contribution in [0.3, 0.4) is 0 Å². The van der Waals surface area contributed by atoms with Gasteiger partial charge in [-0.25, -0.2) is 4.99 Å². The summed E-state index contributed by atoms with van der Waals surface area (Å²) in [5.74, 6) is 2.90. The monoisotopic (exact) mass is 338 g/mol. The van der Waals surface area contributed by atoms with E-state index in [1.165, 1.54) is 0 Å². The maximum absolute atomic E-state index is 11.2. The van der Waals surface area contributed by atoms with E-state index < -0.39 is 0 Å². The van der Waals surface area contributed by atoms with Crippen LogP contribution in [0.5, 0.6) is 0 Å². The molecular weight excluding hydrogens is 319 g/mol. The molecule has 1 N–H and O–H groups in total. The molecule has 6 heteroatoms. The standard InChI is InChI=1S/C10H18N4O.HI/c1-6-7-11-9(15)8-12-10(13(2)3)14(4)5;/h1H,7-8H2,2-5H3,(H,11,15);1H. The van der Waals surface area contributed by atoms with Crippen LogP contribution >= 0.6 is 24.0 Å².